The number of imidazole rings is 1. The molecule has 12 heteroatoms. The van der Waals surface area contributed by atoms with E-state index in [2.05, 4.69) is 9.97 Å². The van der Waals surface area contributed by atoms with Gasteiger partial charge < -0.3 is 19.5 Å². The van der Waals surface area contributed by atoms with Crippen LogP contribution >= 0.6 is 0 Å². The highest BCUT2D eigenvalue weighted by Crippen LogP contribution is 2.48. The van der Waals surface area contributed by atoms with Gasteiger partial charge >= 0.3 is 0 Å². The quantitative estimate of drug-likeness (QED) is 0.118. The van der Waals surface area contributed by atoms with Crippen LogP contribution in [0.2, 0.25) is 0 Å². The lowest BCUT2D eigenvalue weighted by atomic mass is 10.0. The van der Waals surface area contributed by atoms with Gasteiger partial charge in [0.25, 0.3) is 6.43 Å². The monoisotopic (exact) mass is 627 g/mol. The second-order valence-electron chi connectivity index (χ2n) is 11.3. The van der Waals surface area contributed by atoms with Crippen LogP contribution in [0.25, 0.3) is 22.3 Å². The van der Waals surface area contributed by atoms with E-state index in [9.17, 15) is 27.8 Å². The molecule has 2 heterocycles. The Hall–Kier alpha value is -4.42. The maximum atomic E-state index is 15.5. The van der Waals surface area contributed by atoms with E-state index in [0.717, 1.165) is 24.3 Å². The minimum absolute atomic E-state index is 0.00422. The van der Waals surface area contributed by atoms with Gasteiger partial charge in [0.2, 0.25) is 5.88 Å². The SMILES string of the molecule is OC(O)c1ccc2nc(Cc3cc(F)c(-c4cccc(OCc5ccc(C(F)F)cc5F)n4)cc3F)n(CC3(CF)CC3)c2c1. The number of aliphatic hydroxyl groups is 2. The molecule has 234 valence electrons. The zero-order chi connectivity index (χ0) is 31.9. The van der Waals surface area contributed by atoms with Crippen molar-refractivity contribution in [3.63, 3.8) is 0 Å². The fourth-order valence-electron chi connectivity index (χ4n) is 5.21. The van der Waals surface area contributed by atoms with Gasteiger partial charge in [-0.05, 0) is 54.8 Å². The third kappa shape index (κ3) is 6.38. The first-order valence-electron chi connectivity index (χ1n) is 14.1. The Bertz CT molecular complexity index is 1870. The van der Waals surface area contributed by atoms with Crippen LogP contribution < -0.4 is 4.74 Å². The van der Waals surface area contributed by atoms with Gasteiger partial charge in [-0.1, -0.05) is 24.3 Å². The van der Waals surface area contributed by atoms with Gasteiger partial charge in [-0.15, -0.1) is 0 Å². The third-order valence-electron chi connectivity index (χ3n) is 8.07. The average molecular weight is 628 g/mol. The van der Waals surface area contributed by atoms with Crippen molar-refractivity contribution in [2.75, 3.05) is 6.67 Å². The topological polar surface area (TPSA) is 80.4 Å². The first-order valence-corrected chi connectivity index (χ1v) is 14.1. The number of halogens is 6. The molecule has 0 saturated heterocycles. The second kappa shape index (κ2) is 12.2. The zero-order valence-electron chi connectivity index (χ0n) is 23.7. The van der Waals surface area contributed by atoms with Crippen molar-refractivity contribution in [1.29, 1.82) is 0 Å². The van der Waals surface area contributed by atoms with Gasteiger partial charge in [-0.25, -0.2) is 31.9 Å². The third-order valence-corrected chi connectivity index (χ3v) is 8.07. The van der Waals surface area contributed by atoms with Crippen LogP contribution in [0.5, 0.6) is 5.88 Å². The summed E-state index contributed by atoms with van der Waals surface area (Å²) in [6.45, 7) is -0.633. The molecule has 0 bridgehead atoms. The number of rotatable bonds is 11. The van der Waals surface area contributed by atoms with Crippen LogP contribution in [-0.2, 0) is 19.6 Å². The standard InChI is InChI=1S/C33H27F6N3O3/c34-16-33(8-9-33)17-42-28-12-19(32(43)44)6-7-27(28)40-29(42)13-21-11-25(37)22(14-24(21)36)26-2-1-3-30(41-26)45-15-20-5-4-18(31(38)39)10-23(20)35/h1-7,10-12,14,31-32,43-44H,8-9,13,15-17H2. The summed E-state index contributed by atoms with van der Waals surface area (Å²) in [5, 5.41) is 19.3. The molecule has 0 unspecified atom stereocenters. The van der Waals surface area contributed by atoms with Crippen molar-refractivity contribution < 1.29 is 41.3 Å². The van der Waals surface area contributed by atoms with Crippen LogP contribution in [0.1, 0.15) is 53.6 Å². The van der Waals surface area contributed by atoms with E-state index in [0.29, 0.717) is 29.7 Å². The lowest BCUT2D eigenvalue weighted by Gasteiger charge is -2.16. The maximum Gasteiger partial charge on any atom is 0.263 e. The highest BCUT2D eigenvalue weighted by atomic mass is 19.3. The normalized spacial score (nSPS) is 14.1. The van der Waals surface area contributed by atoms with Crippen molar-refractivity contribution in [2.45, 2.75) is 45.1 Å². The highest BCUT2D eigenvalue weighted by Gasteiger charge is 2.44. The van der Waals surface area contributed by atoms with Gasteiger partial charge in [0.1, 0.15) is 29.9 Å². The Morgan fingerprint density at radius 2 is 1.60 bits per heavy atom. The summed E-state index contributed by atoms with van der Waals surface area (Å²) < 4.78 is 91.9. The number of hydrogen-bond acceptors (Lipinski definition) is 5. The predicted molar refractivity (Wildman–Crippen MR) is 153 cm³/mol. The van der Waals surface area contributed by atoms with Gasteiger partial charge in [-0.2, -0.15) is 0 Å². The van der Waals surface area contributed by atoms with Crippen LogP contribution in [-0.4, -0.2) is 31.4 Å². The van der Waals surface area contributed by atoms with Crippen LogP contribution in [0, 0.1) is 22.9 Å². The molecule has 0 atom stereocenters. The molecule has 0 amide bonds. The molecule has 1 saturated carbocycles. The molecule has 0 aliphatic heterocycles. The summed E-state index contributed by atoms with van der Waals surface area (Å²) in [5.41, 5.74) is 0.100. The van der Waals surface area contributed by atoms with Gasteiger partial charge in [0.05, 0.1) is 23.4 Å². The fourth-order valence-corrected chi connectivity index (χ4v) is 5.21. The van der Waals surface area contributed by atoms with E-state index in [1.807, 2.05) is 0 Å². The second-order valence-corrected chi connectivity index (χ2v) is 11.3. The Balaban J connectivity index is 1.26. The molecule has 6 rings (SSSR count). The number of alkyl halides is 3. The molecule has 3 aromatic carbocycles. The van der Waals surface area contributed by atoms with Crippen molar-refractivity contribution in [3.05, 3.63) is 112 Å². The lowest BCUT2D eigenvalue weighted by molar-refractivity contribution is -0.0424. The first-order chi connectivity index (χ1) is 21.6. The van der Waals surface area contributed by atoms with Gasteiger partial charge in [0.15, 0.2) is 6.29 Å². The van der Waals surface area contributed by atoms with E-state index >= 15 is 8.78 Å². The van der Waals surface area contributed by atoms with Crippen molar-refractivity contribution in [3.8, 4) is 17.1 Å². The number of aliphatic hydroxyl groups excluding tert-OH is 1. The first kappa shape index (κ1) is 30.6. The van der Waals surface area contributed by atoms with E-state index < -0.39 is 47.8 Å². The van der Waals surface area contributed by atoms with Gasteiger partial charge in [0, 0.05) is 46.7 Å². The Kier molecular flexibility index (Phi) is 8.27. The van der Waals surface area contributed by atoms with Crippen molar-refractivity contribution >= 4 is 11.0 Å². The van der Waals surface area contributed by atoms with Crippen molar-refractivity contribution in [2.24, 2.45) is 5.41 Å². The molecule has 2 N–H and O–H groups in total. The number of pyridine rings is 1. The summed E-state index contributed by atoms with van der Waals surface area (Å²) in [4.78, 5) is 8.78. The van der Waals surface area contributed by atoms with E-state index in [-0.39, 0.29) is 53.4 Å². The lowest BCUT2D eigenvalue weighted by Crippen LogP contribution is -2.16. The van der Waals surface area contributed by atoms with Gasteiger partial charge in [-0.3, -0.25) is 4.39 Å². The number of nitrogens with zero attached hydrogens (tertiary/aromatic N) is 3. The van der Waals surface area contributed by atoms with E-state index in [4.69, 9.17) is 4.74 Å². The summed E-state index contributed by atoms with van der Waals surface area (Å²) >= 11 is 0. The Labute approximate surface area is 253 Å². The predicted octanol–water partition coefficient (Wildman–Crippen LogP) is 7.36. The zero-order valence-corrected chi connectivity index (χ0v) is 23.7. The maximum absolute atomic E-state index is 15.5. The minimum atomic E-state index is -2.82. The summed E-state index contributed by atoms with van der Waals surface area (Å²) in [5.74, 6) is -2.04. The molecule has 2 aromatic heterocycles. The summed E-state index contributed by atoms with van der Waals surface area (Å²) in [7, 11) is 0. The number of aromatic nitrogens is 3. The van der Waals surface area contributed by atoms with Crippen LogP contribution in [0.3, 0.4) is 0 Å². The number of ether oxygens (including phenoxy) is 1. The van der Waals surface area contributed by atoms with Crippen LogP contribution in [0.4, 0.5) is 26.3 Å². The molecule has 1 fully saturated rings. The number of hydrogen-bond donors (Lipinski definition) is 2. The smallest absolute Gasteiger partial charge is 0.263 e. The molecule has 1 aliphatic carbocycles. The molecule has 5 aromatic rings. The van der Waals surface area contributed by atoms with E-state index in [1.165, 1.54) is 30.3 Å². The van der Waals surface area contributed by atoms with E-state index in [1.54, 1.807) is 16.7 Å². The molecule has 45 heavy (non-hydrogen) atoms. The Morgan fingerprint density at radius 3 is 2.29 bits per heavy atom. The average Bonchev–Trinajstić information content (AvgIpc) is 3.73. The summed E-state index contributed by atoms with van der Waals surface area (Å²) in [6.07, 6.45) is -3.34. The minimum Gasteiger partial charge on any atom is -0.473 e. The summed E-state index contributed by atoms with van der Waals surface area (Å²) in [6, 6.07) is 14.0. The highest BCUT2D eigenvalue weighted by molar-refractivity contribution is 5.77. The molecule has 6 nitrogen and oxygen atoms in total. The number of fused-ring (bicyclic) bond motifs is 1. The molecular weight excluding hydrogens is 600 g/mol. The largest absolute Gasteiger partial charge is 0.473 e. The molecule has 1 aliphatic rings. The molecule has 0 radical (unpaired) electrons. The van der Waals surface area contributed by atoms with Crippen LogP contribution in [0.15, 0.2) is 66.7 Å². The molecular formula is C33H27F6N3O3. The molecule has 0 spiro atoms. The Morgan fingerprint density at radius 1 is 0.844 bits per heavy atom. The van der Waals surface area contributed by atoms with Crippen molar-refractivity contribution in [1.82, 2.24) is 14.5 Å². The fraction of sp³-hybridized carbons (Fsp3) is 0.273. The number of benzene rings is 3.